The molecule has 2 aliphatic rings. The molecule has 0 aromatic carbocycles. The van der Waals surface area contributed by atoms with Gasteiger partial charge in [0.05, 0.1) is 0 Å². The Hall–Kier alpha value is -0.600. The van der Waals surface area contributed by atoms with Crippen LogP contribution in [-0.4, -0.2) is 18.1 Å². The maximum Gasteiger partial charge on any atom is 0.129 e. The van der Waals surface area contributed by atoms with Gasteiger partial charge in [-0.15, -0.1) is 0 Å². The Bertz CT molecular complexity index is 374. The number of aromatic nitrogens is 1. The van der Waals surface area contributed by atoms with E-state index in [0.717, 1.165) is 5.92 Å². The van der Waals surface area contributed by atoms with Gasteiger partial charge < -0.3 is 5.32 Å². The summed E-state index contributed by atoms with van der Waals surface area (Å²) in [5.41, 5.74) is 2.03. The lowest BCUT2D eigenvalue weighted by molar-refractivity contribution is 0.0221. The van der Waals surface area contributed by atoms with Gasteiger partial charge in [0, 0.05) is 6.20 Å². The summed E-state index contributed by atoms with van der Waals surface area (Å²) in [7, 11) is 0. The van der Waals surface area contributed by atoms with Crippen LogP contribution < -0.4 is 5.32 Å². The van der Waals surface area contributed by atoms with Crippen LogP contribution in [0, 0.1) is 11.3 Å². The van der Waals surface area contributed by atoms with Gasteiger partial charge in [0.1, 0.15) is 5.15 Å². The average Bonchev–Trinajstić information content (AvgIpc) is 2.31. The maximum atomic E-state index is 5.79. The molecule has 0 bridgehead atoms. The number of halogens is 1. The summed E-state index contributed by atoms with van der Waals surface area (Å²) in [6.07, 6.45) is 8.69. The van der Waals surface area contributed by atoms with Gasteiger partial charge in [-0.25, -0.2) is 4.98 Å². The van der Waals surface area contributed by atoms with E-state index in [1.54, 1.807) is 0 Å². The maximum absolute atomic E-state index is 5.79. The Morgan fingerprint density at radius 3 is 2.71 bits per heavy atom. The third-order valence-corrected chi connectivity index (χ3v) is 4.64. The smallest absolute Gasteiger partial charge is 0.129 e. The molecular weight excluding hydrogens is 232 g/mol. The van der Waals surface area contributed by atoms with Crippen molar-refractivity contribution in [3.8, 4) is 0 Å². The summed E-state index contributed by atoms with van der Waals surface area (Å²) in [4.78, 5) is 4.15. The predicted molar refractivity (Wildman–Crippen MR) is 70.2 cm³/mol. The molecule has 2 fully saturated rings. The molecule has 1 N–H and O–H groups in total. The lowest BCUT2D eigenvalue weighted by Crippen LogP contribution is -2.45. The normalized spacial score (nSPS) is 23.6. The van der Waals surface area contributed by atoms with Crippen LogP contribution in [0.3, 0.4) is 0 Å². The molecule has 0 radical (unpaired) electrons. The summed E-state index contributed by atoms with van der Waals surface area (Å²) >= 11 is 5.79. The number of nitrogens with one attached hydrogen (secondary N) is 1. The highest BCUT2D eigenvalue weighted by Crippen LogP contribution is 2.52. The van der Waals surface area contributed by atoms with E-state index in [-0.39, 0.29) is 0 Å². The zero-order valence-electron chi connectivity index (χ0n) is 10.1. The van der Waals surface area contributed by atoms with E-state index >= 15 is 0 Å². The van der Waals surface area contributed by atoms with E-state index < -0.39 is 0 Å². The lowest BCUT2D eigenvalue weighted by Gasteiger charge is -2.50. The first-order valence-electron chi connectivity index (χ1n) is 6.57. The SMILES string of the molecule is Clc1ccc(CC2CC3(CCNCC3)C2)cn1. The molecule has 1 aromatic heterocycles. The third-order valence-electron chi connectivity index (χ3n) is 4.42. The molecule has 3 heteroatoms. The molecule has 92 valence electrons. The second-order valence-corrected chi connectivity index (χ2v) is 6.10. The van der Waals surface area contributed by atoms with E-state index in [1.807, 2.05) is 12.3 Å². The molecule has 1 aliphatic heterocycles. The molecule has 1 aromatic rings. The van der Waals surface area contributed by atoms with Gasteiger partial charge in [0.2, 0.25) is 0 Å². The fraction of sp³-hybridized carbons (Fsp3) is 0.643. The van der Waals surface area contributed by atoms with Gasteiger partial charge in [-0.2, -0.15) is 0 Å². The second-order valence-electron chi connectivity index (χ2n) is 5.72. The van der Waals surface area contributed by atoms with Crippen molar-refractivity contribution in [1.29, 1.82) is 0 Å². The van der Waals surface area contributed by atoms with Gasteiger partial charge in [-0.3, -0.25) is 0 Å². The van der Waals surface area contributed by atoms with Crippen molar-refractivity contribution in [2.24, 2.45) is 11.3 Å². The first-order valence-corrected chi connectivity index (χ1v) is 6.95. The van der Waals surface area contributed by atoms with Gasteiger partial charge in [0.15, 0.2) is 0 Å². The quantitative estimate of drug-likeness (QED) is 0.816. The summed E-state index contributed by atoms with van der Waals surface area (Å²) in [6, 6.07) is 4.01. The van der Waals surface area contributed by atoms with E-state index in [1.165, 1.54) is 50.8 Å². The predicted octanol–water partition coefficient (Wildman–Crippen LogP) is 3.06. The third kappa shape index (κ3) is 2.48. The van der Waals surface area contributed by atoms with Crippen LogP contribution in [0.1, 0.15) is 31.2 Å². The van der Waals surface area contributed by atoms with Crippen molar-refractivity contribution in [2.75, 3.05) is 13.1 Å². The van der Waals surface area contributed by atoms with E-state index in [0.29, 0.717) is 10.6 Å². The number of hydrogen-bond donors (Lipinski definition) is 1. The highest BCUT2D eigenvalue weighted by Gasteiger charge is 2.43. The minimum atomic E-state index is 0.595. The zero-order valence-corrected chi connectivity index (χ0v) is 10.8. The van der Waals surface area contributed by atoms with Crippen molar-refractivity contribution in [2.45, 2.75) is 32.1 Å². The summed E-state index contributed by atoms with van der Waals surface area (Å²) in [6.45, 7) is 2.43. The molecule has 0 unspecified atom stereocenters. The summed E-state index contributed by atoms with van der Waals surface area (Å²) < 4.78 is 0. The molecule has 1 aliphatic carbocycles. The average molecular weight is 251 g/mol. The van der Waals surface area contributed by atoms with Crippen LogP contribution in [0.2, 0.25) is 5.15 Å². The number of rotatable bonds is 2. The molecule has 0 atom stereocenters. The van der Waals surface area contributed by atoms with Crippen molar-refractivity contribution in [3.05, 3.63) is 29.0 Å². The molecule has 1 spiro atoms. The Labute approximate surface area is 108 Å². The number of nitrogens with zero attached hydrogens (tertiary/aromatic N) is 1. The number of hydrogen-bond acceptors (Lipinski definition) is 2. The zero-order chi connectivity index (χ0) is 11.7. The minimum absolute atomic E-state index is 0.595. The second kappa shape index (κ2) is 4.58. The van der Waals surface area contributed by atoms with Crippen LogP contribution in [0.15, 0.2) is 18.3 Å². The molecule has 2 heterocycles. The van der Waals surface area contributed by atoms with Gasteiger partial charge in [-0.05, 0) is 68.2 Å². The van der Waals surface area contributed by atoms with Crippen LogP contribution in [0.5, 0.6) is 0 Å². The first kappa shape index (κ1) is 11.5. The van der Waals surface area contributed by atoms with Crippen molar-refractivity contribution in [1.82, 2.24) is 10.3 Å². The van der Waals surface area contributed by atoms with Gasteiger partial charge >= 0.3 is 0 Å². The Morgan fingerprint density at radius 2 is 2.06 bits per heavy atom. The van der Waals surface area contributed by atoms with Crippen molar-refractivity contribution >= 4 is 11.6 Å². The standard InChI is InChI=1S/C14H19ClN2/c15-13-2-1-11(10-17-13)7-12-8-14(9-12)3-5-16-6-4-14/h1-2,10,12,16H,3-9H2. The van der Waals surface area contributed by atoms with Crippen molar-refractivity contribution in [3.63, 3.8) is 0 Å². The Morgan fingerprint density at radius 1 is 1.29 bits per heavy atom. The minimum Gasteiger partial charge on any atom is -0.317 e. The number of pyridine rings is 1. The fourth-order valence-corrected chi connectivity index (χ4v) is 3.65. The van der Waals surface area contributed by atoms with Crippen LogP contribution in [0.25, 0.3) is 0 Å². The molecule has 1 saturated heterocycles. The summed E-state index contributed by atoms with van der Waals surface area (Å²) in [5.74, 6) is 0.871. The van der Waals surface area contributed by atoms with Crippen LogP contribution >= 0.6 is 11.6 Å². The Balaban J connectivity index is 1.54. The van der Waals surface area contributed by atoms with Gasteiger partial charge in [-0.1, -0.05) is 17.7 Å². The lowest BCUT2D eigenvalue weighted by atomic mass is 9.56. The van der Waals surface area contributed by atoms with Crippen molar-refractivity contribution < 1.29 is 0 Å². The molecule has 0 amide bonds. The molecule has 3 rings (SSSR count). The fourth-order valence-electron chi connectivity index (χ4n) is 3.54. The molecule has 2 nitrogen and oxygen atoms in total. The van der Waals surface area contributed by atoms with Gasteiger partial charge in [0.25, 0.3) is 0 Å². The van der Waals surface area contributed by atoms with Crippen LogP contribution in [0.4, 0.5) is 0 Å². The monoisotopic (exact) mass is 250 g/mol. The molecule has 1 saturated carbocycles. The van der Waals surface area contributed by atoms with E-state index in [4.69, 9.17) is 11.6 Å². The highest BCUT2D eigenvalue weighted by molar-refractivity contribution is 6.29. The summed E-state index contributed by atoms with van der Waals surface area (Å²) in [5, 5.41) is 4.05. The van der Waals surface area contributed by atoms with Crippen LogP contribution in [-0.2, 0) is 6.42 Å². The van der Waals surface area contributed by atoms with E-state index in [2.05, 4.69) is 16.4 Å². The first-order chi connectivity index (χ1) is 8.26. The largest absolute Gasteiger partial charge is 0.317 e. The molecule has 17 heavy (non-hydrogen) atoms. The molecular formula is C14H19ClN2. The number of piperidine rings is 1. The Kier molecular flexibility index (Phi) is 3.10. The van der Waals surface area contributed by atoms with E-state index in [9.17, 15) is 0 Å². The highest BCUT2D eigenvalue weighted by atomic mass is 35.5. The topological polar surface area (TPSA) is 24.9 Å².